The Morgan fingerprint density at radius 3 is 2.68 bits per heavy atom. The van der Waals surface area contributed by atoms with E-state index >= 15 is 0 Å². The van der Waals surface area contributed by atoms with Crippen molar-refractivity contribution in [2.45, 2.75) is 16.2 Å². The Balaban J connectivity index is 1.84. The summed E-state index contributed by atoms with van der Waals surface area (Å²) in [6.07, 6.45) is 1.16. The minimum atomic E-state index is 1.01. The van der Waals surface area contributed by atoms with Gasteiger partial charge in [-0.25, -0.2) is 4.99 Å². The Morgan fingerprint density at radius 2 is 1.73 bits per heavy atom. The van der Waals surface area contributed by atoms with Crippen molar-refractivity contribution in [3.8, 4) is 0 Å². The number of hydrogen-bond acceptors (Lipinski definition) is 4. The first-order valence-corrected chi connectivity index (χ1v) is 8.64. The fourth-order valence-corrected chi connectivity index (χ4v) is 3.99. The van der Waals surface area contributed by atoms with E-state index in [4.69, 9.17) is 4.99 Å². The molecule has 1 fully saturated rings. The van der Waals surface area contributed by atoms with Gasteiger partial charge in [0.1, 0.15) is 5.84 Å². The van der Waals surface area contributed by atoms with Gasteiger partial charge in [0.05, 0.1) is 5.69 Å². The fraction of sp³-hybridized carbons (Fsp3) is 0.278. The molecule has 0 bridgehead atoms. The van der Waals surface area contributed by atoms with E-state index in [1.165, 1.54) is 15.4 Å². The van der Waals surface area contributed by atoms with Crippen LogP contribution in [-0.2, 0) is 0 Å². The van der Waals surface area contributed by atoms with Crippen molar-refractivity contribution in [1.82, 2.24) is 10.2 Å². The average Bonchev–Trinajstić information content (AvgIpc) is 2.91. The molecule has 0 aromatic heterocycles. The summed E-state index contributed by atoms with van der Waals surface area (Å²) in [5.74, 6) is 1.12. The van der Waals surface area contributed by atoms with Crippen molar-refractivity contribution in [1.29, 1.82) is 0 Å². The van der Waals surface area contributed by atoms with Crippen molar-refractivity contribution in [2.24, 2.45) is 4.99 Å². The summed E-state index contributed by atoms with van der Waals surface area (Å²) in [6, 6.07) is 17.1. The van der Waals surface area contributed by atoms with E-state index in [2.05, 4.69) is 58.7 Å². The SMILES string of the molecule is c1ccc2c(c1)N=C(N1CCCNCC1)c1ccccc1S2. The Bertz CT molecular complexity index is 703. The maximum atomic E-state index is 5.04. The van der Waals surface area contributed by atoms with Crippen LogP contribution in [0.2, 0.25) is 0 Å². The lowest BCUT2D eigenvalue weighted by molar-refractivity contribution is 0.447. The van der Waals surface area contributed by atoms with Gasteiger partial charge in [0.2, 0.25) is 0 Å². The lowest BCUT2D eigenvalue weighted by Crippen LogP contribution is -2.34. The fourth-order valence-electron chi connectivity index (χ4n) is 2.97. The number of amidine groups is 1. The topological polar surface area (TPSA) is 27.6 Å². The van der Waals surface area contributed by atoms with Crippen LogP contribution in [0.1, 0.15) is 12.0 Å². The minimum Gasteiger partial charge on any atom is -0.355 e. The lowest BCUT2D eigenvalue weighted by Gasteiger charge is -2.24. The van der Waals surface area contributed by atoms with Crippen molar-refractivity contribution in [2.75, 3.05) is 26.2 Å². The monoisotopic (exact) mass is 309 g/mol. The van der Waals surface area contributed by atoms with E-state index in [1.54, 1.807) is 0 Å². The van der Waals surface area contributed by atoms with Crippen LogP contribution >= 0.6 is 11.8 Å². The van der Waals surface area contributed by atoms with Crippen LogP contribution in [0.15, 0.2) is 63.3 Å². The first-order valence-electron chi connectivity index (χ1n) is 7.82. The second-order valence-corrected chi connectivity index (χ2v) is 6.68. The van der Waals surface area contributed by atoms with Crippen LogP contribution in [0.5, 0.6) is 0 Å². The van der Waals surface area contributed by atoms with Gasteiger partial charge in [-0.15, -0.1) is 0 Å². The number of rotatable bonds is 0. The van der Waals surface area contributed by atoms with Gasteiger partial charge in [-0.3, -0.25) is 0 Å². The van der Waals surface area contributed by atoms with Crippen molar-refractivity contribution >= 4 is 23.3 Å². The predicted molar refractivity (Wildman–Crippen MR) is 92.3 cm³/mol. The zero-order valence-electron chi connectivity index (χ0n) is 12.5. The summed E-state index contributed by atoms with van der Waals surface area (Å²) < 4.78 is 0. The molecule has 2 heterocycles. The highest BCUT2D eigenvalue weighted by molar-refractivity contribution is 7.99. The van der Waals surface area contributed by atoms with Gasteiger partial charge in [0.25, 0.3) is 0 Å². The Labute approximate surface area is 135 Å². The molecule has 112 valence electrons. The number of aliphatic imine (C=N–C) groups is 1. The molecule has 0 atom stereocenters. The maximum absolute atomic E-state index is 5.04. The number of nitrogens with one attached hydrogen (secondary N) is 1. The highest BCUT2D eigenvalue weighted by atomic mass is 32.2. The molecule has 0 saturated carbocycles. The average molecular weight is 309 g/mol. The largest absolute Gasteiger partial charge is 0.355 e. The van der Waals surface area contributed by atoms with E-state index < -0.39 is 0 Å². The number of para-hydroxylation sites is 1. The Morgan fingerprint density at radius 1 is 0.909 bits per heavy atom. The van der Waals surface area contributed by atoms with E-state index in [9.17, 15) is 0 Å². The van der Waals surface area contributed by atoms with Gasteiger partial charge >= 0.3 is 0 Å². The van der Waals surface area contributed by atoms with Crippen LogP contribution in [0.3, 0.4) is 0 Å². The van der Waals surface area contributed by atoms with Crippen LogP contribution in [0.4, 0.5) is 5.69 Å². The van der Waals surface area contributed by atoms with Crippen LogP contribution < -0.4 is 5.32 Å². The zero-order chi connectivity index (χ0) is 14.8. The Hall–Kier alpha value is -1.78. The summed E-state index contributed by atoms with van der Waals surface area (Å²) in [6.45, 7) is 4.19. The molecule has 1 N–H and O–H groups in total. The third-order valence-electron chi connectivity index (χ3n) is 4.08. The number of hydrogen-bond donors (Lipinski definition) is 1. The predicted octanol–water partition coefficient (Wildman–Crippen LogP) is 3.52. The standard InChI is InChI=1S/C18H19N3S/c1-3-8-16-14(6-1)18(21-12-5-10-19-11-13-21)20-15-7-2-4-9-17(15)22-16/h1-4,6-9,19H,5,10-13H2. The molecule has 3 nitrogen and oxygen atoms in total. The number of nitrogens with zero attached hydrogens (tertiary/aromatic N) is 2. The first-order chi connectivity index (χ1) is 10.9. The normalized spacial score (nSPS) is 17.8. The molecule has 4 heteroatoms. The van der Waals surface area contributed by atoms with Gasteiger partial charge in [-0.2, -0.15) is 0 Å². The summed E-state index contributed by atoms with van der Waals surface area (Å²) in [4.78, 5) is 10.0. The summed E-state index contributed by atoms with van der Waals surface area (Å²) in [5, 5.41) is 3.47. The third-order valence-corrected chi connectivity index (χ3v) is 5.22. The minimum absolute atomic E-state index is 1.01. The van der Waals surface area contributed by atoms with Gasteiger partial charge in [-0.1, -0.05) is 42.1 Å². The van der Waals surface area contributed by atoms with Gasteiger partial charge in [-0.05, 0) is 31.2 Å². The molecule has 4 rings (SSSR count). The van der Waals surface area contributed by atoms with E-state index in [0.29, 0.717) is 0 Å². The molecule has 2 aromatic carbocycles. The van der Waals surface area contributed by atoms with E-state index in [-0.39, 0.29) is 0 Å². The van der Waals surface area contributed by atoms with Crippen molar-refractivity contribution in [3.63, 3.8) is 0 Å². The van der Waals surface area contributed by atoms with Crippen molar-refractivity contribution in [3.05, 3.63) is 54.1 Å². The smallest absolute Gasteiger partial charge is 0.137 e. The lowest BCUT2D eigenvalue weighted by atomic mass is 10.1. The molecule has 2 aliphatic heterocycles. The second-order valence-electron chi connectivity index (χ2n) is 5.59. The molecule has 2 aromatic rings. The van der Waals surface area contributed by atoms with Crippen LogP contribution in [0.25, 0.3) is 0 Å². The van der Waals surface area contributed by atoms with E-state index in [0.717, 1.165) is 44.1 Å². The summed E-state index contributed by atoms with van der Waals surface area (Å²) in [5.41, 5.74) is 2.33. The van der Waals surface area contributed by atoms with Gasteiger partial charge in [0, 0.05) is 35.0 Å². The molecular weight excluding hydrogens is 290 g/mol. The molecule has 22 heavy (non-hydrogen) atoms. The van der Waals surface area contributed by atoms with Crippen molar-refractivity contribution < 1.29 is 0 Å². The quantitative estimate of drug-likeness (QED) is 0.807. The second kappa shape index (κ2) is 6.15. The van der Waals surface area contributed by atoms with Gasteiger partial charge in [0.15, 0.2) is 0 Å². The molecule has 0 unspecified atom stereocenters. The maximum Gasteiger partial charge on any atom is 0.137 e. The van der Waals surface area contributed by atoms with Gasteiger partial charge < -0.3 is 10.2 Å². The Kier molecular flexibility index (Phi) is 3.87. The summed E-state index contributed by atoms with van der Waals surface area (Å²) in [7, 11) is 0. The summed E-state index contributed by atoms with van der Waals surface area (Å²) >= 11 is 1.82. The molecule has 0 radical (unpaired) electrons. The zero-order valence-corrected chi connectivity index (χ0v) is 13.3. The molecule has 0 aliphatic carbocycles. The highest BCUT2D eigenvalue weighted by Gasteiger charge is 2.22. The van der Waals surface area contributed by atoms with E-state index in [1.807, 2.05) is 11.8 Å². The molecular formula is C18H19N3S. The molecule has 1 saturated heterocycles. The van der Waals surface area contributed by atoms with Crippen LogP contribution in [0, 0.1) is 0 Å². The first kappa shape index (κ1) is 13.9. The number of fused-ring (bicyclic) bond motifs is 2. The van der Waals surface area contributed by atoms with Crippen LogP contribution in [-0.4, -0.2) is 36.9 Å². The third kappa shape index (κ3) is 2.64. The molecule has 0 amide bonds. The molecule has 0 spiro atoms. The number of benzene rings is 2. The molecule has 2 aliphatic rings. The highest BCUT2D eigenvalue weighted by Crippen LogP contribution is 2.40.